The number of phenolic OH excluding ortho intramolecular Hbond substituents is 1. The van der Waals surface area contributed by atoms with Crippen molar-refractivity contribution in [1.29, 1.82) is 0 Å². The maximum Gasteiger partial charge on any atom is 0.124 e. The molecule has 4 heteroatoms. The normalized spacial score (nSPS) is 10.9. The second-order valence-corrected chi connectivity index (χ2v) is 4.50. The predicted octanol–water partition coefficient (Wildman–Crippen LogP) is 2.72. The molecule has 1 aromatic heterocycles. The van der Waals surface area contributed by atoms with E-state index in [1.165, 1.54) is 11.3 Å². The molecule has 1 heterocycles. The van der Waals surface area contributed by atoms with E-state index in [9.17, 15) is 5.11 Å². The van der Waals surface area contributed by atoms with E-state index >= 15 is 0 Å². The van der Waals surface area contributed by atoms with Crippen molar-refractivity contribution in [2.45, 2.75) is 6.54 Å². The van der Waals surface area contributed by atoms with Crippen LogP contribution in [0.2, 0.25) is 4.34 Å². The molecule has 0 amide bonds. The average molecular weight is 214 g/mol. The summed E-state index contributed by atoms with van der Waals surface area (Å²) >= 11 is 7.27. The fourth-order valence-electron chi connectivity index (χ4n) is 1.26. The molecule has 0 bridgehead atoms. The predicted molar refractivity (Wildman–Crippen MR) is 56.4 cm³/mol. The van der Waals surface area contributed by atoms with Gasteiger partial charge in [-0.25, -0.2) is 0 Å². The lowest BCUT2D eigenvalue weighted by atomic mass is 10.1. The number of hydrogen-bond donors (Lipinski definition) is 2. The first-order valence-electron chi connectivity index (χ1n) is 3.81. The van der Waals surface area contributed by atoms with Gasteiger partial charge in [-0.3, -0.25) is 0 Å². The van der Waals surface area contributed by atoms with E-state index < -0.39 is 0 Å². The van der Waals surface area contributed by atoms with Crippen molar-refractivity contribution in [3.8, 4) is 5.75 Å². The molecule has 0 atom stereocenters. The van der Waals surface area contributed by atoms with Gasteiger partial charge >= 0.3 is 0 Å². The molecule has 2 nitrogen and oxygen atoms in total. The third-order valence-corrected chi connectivity index (χ3v) is 3.09. The first kappa shape index (κ1) is 8.81. The van der Waals surface area contributed by atoms with Gasteiger partial charge in [0.2, 0.25) is 0 Å². The Hall–Kier alpha value is -0.770. The molecule has 1 aromatic carbocycles. The lowest BCUT2D eigenvalue weighted by Gasteiger charge is -1.99. The molecule has 68 valence electrons. The summed E-state index contributed by atoms with van der Waals surface area (Å²) < 4.78 is 1.66. The van der Waals surface area contributed by atoms with Crippen LogP contribution >= 0.6 is 22.9 Å². The van der Waals surface area contributed by atoms with Gasteiger partial charge in [0.25, 0.3) is 0 Å². The Balaban J connectivity index is 2.75. The molecule has 0 radical (unpaired) electrons. The first-order valence-corrected chi connectivity index (χ1v) is 5.01. The van der Waals surface area contributed by atoms with Crippen molar-refractivity contribution in [3.05, 3.63) is 28.1 Å². The molecule has 0 fully saturated rings. The molecule has 13 heavy (non-hydrogen) atoms. The Morgan fingerprint density at radius 3 is 2.85 bits per heavy atom. The molecule has 0 spiro atoms. The van der Waals surface area contributed by atoms with Gasteiger partial charge in [-0.05, 0) is 23.8 Å². The summed E-state index contributed by atoms with van der Waals surface area (Å²) in [5.74, 6) is 0.251. The van der Waals surface area contributed by atoms with Gasteiger partial charge in [0.1, 0.15) is 5.75 Å². The summed E-state index contributed by atoms with van der Waals surface area (Å²) in [4.78, 5) is 0. The highest BCUT2D eigenvalue weighted by atomic mass is 35.5. The van der Waals surface area contributed by atoms with Crippen LogP contribution in [0.4, 0.5) is 0 Å². The van der Waals surface area contributed by atoms with Crippen LogP contribution in [0.3, 0.4) is 0 Å². The summed E-state index contributed by atoms with van der Waals surface area (Å²) in [6.45, 7) is 0.430. The largest absolute Gasteiger partial charge is 0.507 e. The molecule has 0 saturated heterocycles. The van der Waals surface area contributed by atoms with Crippen LogP contribution in [0, 0.1) is 0 Å². The van der Waals surface area contributed by atoms with Crippen LogP contribution in [0.15, 0.2) is 18.2 Å². The van der Waals surface area contributed by atoms with Crippen LogP contribution in [0.25, 0.3) is 10.1 Å². The smallest absolute Gasteiger partial charge is 0.124 e. The standard InChI is InChI=1S/C9H8ClNOS/c10-9-3-6-7(12)1-5(4-11)2-8(6)13-9/h1-3,12H,4,11H2. The Morgan fingerprint density at radius 1 is 1.38 bits per heavy atom. The number of nitrogens with two attached hydrogens (primary N) is 1. The summed E-state index contributed by atoms with van der Waals surface area (Å²) in [6, 6.07) is 5.38. The monoisotopic (exact) mass is 213 g/mol. The van der Waals surface area contributed by atoms with Crippen molar-refractivity contribution in [3.63, 3.8) is 0 Å². The van der Waals surface area contributed by atoms with Crippen LogP contribution < -0.4 is 5.73 Å². The second-order valence-electron chi connectivity index (χ2n) is 2.78. The van der Waals surface area contributed by atoms with E-state index in [4.69, 9.17) is 17.3 Å². The fraction of sp³-hybridized carbons (Fsp3) is 0.111. The second kappa shape index (κ2) is 3.18. The van der Waals surface area contributed by atoms with Crippen LogP contribution in [-0.2, 0) is 6.54 Å². The first-order chi connectivity index (χ1) is 6.20. The third-order valence-electron chi connectivity index (χ3n) is 1.88. The summed E-state index contributed by atoms with van der Waals surface area (Å²) in [7, 11) is 0. The van der Waals surface area contributed by atoms with Gasteiger partial charge in [-0.2, -0.15) is 0 Å². The maximum absolute atomic E-state index is 9.59. The molecule has 3 N–H and O–H groups in total. The Bertz CT molecular complexity index is 452. The van der Waals surface area contributed by atoms with E-state index in [1.54, 1.807) is 12.1 Å². The number of rotatable bonds is 1. The minimum absolute atomic E-state index is 0.251. The van der Waals surface area contributed by atoms with Gasteiger partial charge < -0.3 is 10.8 Å². The van der Waals surface area contributed by atoms with Gasteiger partial charge in [-0.15, -0.1) is 11.3 Å². The molecule has 0 aliphatic carbocycles. The van der Waals surface area contributed by atoms with E-state index in [0.717, 1.165) is 15.6 Å². The zero-order valence-electron chi connectivity index (χ0n) is 6.75. The van der Waals surface area contributed by atoms with Gasteiger partial charge in [0.15, 0.2) is 0 Å². The zero-order valence-corrected chi connectivity index (χ0v) is 8.32. The highest BCUT2D eigenvalue weighted by Crippen LogP contribution is 2.35. The Labute approximate surface area is 84.6 Å². The minimum Gasteiger partial charge on any atom is -0.507 e. The van der Waals surface area contributed by atoms with Crippen LogP contribution in [0.1, 0.15) is 5.56 Å². The number of benzene rings is 1. The number of halogens is 1. The topological polar surface area (TPSA) is 46.2 Å². The van der Waals surface area contributed by atoms with Crippen molar-refractivity contribution < 1.29 is 5.11 Å². The zero-order chi connectivity index (χ0) is 9.42. The molecule has 2 aromatic rings. The Kier molecular flexibility index (Phi) is 2.15. The van der Waals surface area contributed by atoms with Crippen molar-refractivity contribution in [1.82, 2.24) is 0 Å². The lowest BCUT2D eigenvalue weighted by molar-refractivity contribution is 0.481. The molecular weight excluding hydrogens is 206 g/mol. The molecule has 2 rings (SSSR count). The lowest BCUT2D eigenvalue weighted by Crippen LogP contribution is -1.94. The van der Waals surface area contributed by atoms with E-state index in [0.29, 0.717) is 10.9 Å². The van der Waals surface area contributed by atoms with Gasteiger partial charge in [-0.1, -0.05) is 11.6 Å². The van der Waals surface area contributed by atoms with Crippen molar-refractivity contribution in [2.24, 2.45) is 5.73 Å². The van der Waals surface area contributed by atoms with E-state index in [1.807, 2.05) is 6.07 Å². The number of thiophene rings is 1. The highest BCUT2D eigenvalue weighted by molar-refractivity contribution is 7.22. The number of hydrogen-bond acceptors (Lipinski definition) is 3. The molecule has 0 unspecified atom stereocenters. The number of phenols is 1. The summed E-state index contributed by atoms with van der Waals surface area (Å²) in [5.41, 5.74) is 6.40. The minimum atomic E-state index is 0.251. The van der Waals surface area contributed by atoms with Gasteiger partial charge in [0, 0.05) is 16.6 Å². The van der Waals surface area contributed by atoms with Crippen molar-refractivity contribution >= 4 is 33.0 Å². The van der Waals surface area contributed by atoms with Crippen molar-refractivity contribution in [2.75, 3.05) is 0 Å². The molecule has 0 aliphatic heterocycles. The van der Waals surface area contributed by atoms with Crippen LogP contribution in [0.5, 0.6) is 5.75 Å². The molecule has 0 saturated carbocycles. The third kappa shape index (κ3) is 1.50. The summed E-state index contributed by atoms with van der Waals surface area (Å²) in [6.07, 6.45) is 0. The fourth-order valence-corrected chi connectivity index (χ4v) is 2.49. The maximum atomic E-state index is 9.59. The average Bonchev–Trinajstić information content (AvgIpc) is 2.46. The van der Waals surface area contributed by atoms with Crippen LogP contribution in [-0.4, -0.2) is 5.11 Å². The van der Waals surface area contributed by atoms with E-state index in [-0.39, 0.29) is 5.75 Å². The van der Waals surface area contributed by atoms with Gasteiger partial charge in [0.05, 0.1) is 4.34 Å². The molecule has 0 aliphatic rings. The number of fused-ring (bicyclic) bond motifs is 1. The quantitative estimate of drug-likeness (QED) is 0.765. The van der Waals surface area contributed by atoms with E-state index in [2.05, 4.69) is 0 Å². The molecular formula is C9H8ClNOS. The highest BCUT2D eigenvalue weighted by Gasteiger charge is 2.05. The Morgan fingerprint density at radius 2 is 2.15 bits per heavy atom. The summed E-state index contributed by atoms with van der Waals surface area (Å²) in [5, 5.41) is 10.4. The SMILES string of the molecule is NCc1cc(O)c2cc(Cl)sc2c1. The number of aromatic hydroxyl groups is 1.